The Morgan fingerprint density at radius 3 is 2.25 bits per heavy atom. The van der Waals surface area contributed by atoms with Gasteiger partial charge >= 0.3 is 0 Å². The number of methoxy groups -OCH3 is 1. The fourth-order valence-corrected chi connectivity index (χ4v) is 2.55. The van der Waals surface area contributed by atoms with Gasteiger partial charge in [0, 0.05) is 7.11 Å². The first kappa shape index (κ1) is 8.76. The molecule has 0 fully saturated rings. The number of ether oxygens (including phenoxy) is 1. The van der Waals surface area contributed by atoms with E-state index < -0.39 is 7.42 Å². The quantitative estimate of drug-likeness (QED) is 0.466. The van der Waals surface area contributed by atoms with Crippen molar-refractivity contribution in [2.45, 2.75) is 19.1 Å². The Morgan fingerprint density at radius 2 is 2.12 bits per heavy atom. The Kier molecular flexibility index (Phi) is 5.06. The van der Waals surface area contributed by atoms with E-state index in [0.717, 1.165) is 6.04 Å². The van der Waals surface area contributed by atoms with E-state index in [0.29, 0.717) is 0 Å². The number of hydrogen-bond acceptors (Lipinski definition) is 1. The van der Waals surface area contributed by atoms with E-state index in [1.54, 1.807) is 7.11 Å². The van der Waals surface area contributed by atoms with Gasteiger partial charge in [-0.05, 0) is 13.0 Å². The van der Waals surface area contributed by atoms with E-state index in [1.165, 1.54) is 0 Å². The van der Waals surface area contributed by atoms with Gasteiger partial charge in [-0.3, -0.25) is 0 Å². The van der Waals surface area contributed by atoms with Crippen LogP contribution in [0.3, 0.4) is 0 Å². The highest BCUT2D eigenvalue weighted by Gasteiger charge is 2.07. The molecule has 0 bridgehead atoms. The van der Waals surface area contributed by atoms with E-state index >= 15 is 0 Å². The molecule has 0 rings (SSSR count). The lowest BCUT2D eigenvalue weighted by atomic mass is 10.5. The lowest BCUT2D eigenvalue weighted by molar-refractivity contribution is 0.134. The molecule has 0 saturated heterocycles. The van der Waals surface area contributed by atoms with Crippen molar-refractivity contribution in [3.8, 4) is 0 Å². The summed E-state index contributed by atoms with van der Waals surface area (Å²) in [5.74, 6) is 0. The summed E-state index contributed by atoms with van der Waals surface area (Å²) in [6.07, 6.45) is 0.224. The zero-order valence-corrected chi connectivity index (χ0v) is 7.69. The molecule has 0 radical (unpaired) electrons. The van der Waals surface area contributed by atoms with Crippen molar-refractivity contribution in [2.75, 3.05) is 7.11 Å². The SMILES string of the molecule is COC(C)C[SiH](Cl)Cl. The summed E-state index contributed by atoms with van der Waals surface area (Å²) in [7, 11) is 0.235. The lowest BCUT2D eigenvalue weighted by Crippen LogP contribution is -2.09. The van der Waals surface area contributed by atoms with Gasteiger partial charge < -0.3 is 4.74 Å². The summed E-state index contributed by atoms with van der Waals surface area (Å²) < 4.78 is 4.93. The molecule has 0 heterocycles. The third-order valence-corrected chi connectivity index (χ3v) is 3.00. The zero-order chi connectivity index (χ0) is 6.57. The standard InChI is InChI=1S/C4H10Cl2OSi/c1-4(7-2)3-8(5)6/h4,8H,3H2,1-2H3. The summed E-state index contributed by atoms with van der Waals surface area (Å²) in [5, 5.41) is 0. The van der Waals surface area contributed by atoms with Crippen LogP contribution in [0.4, 0.5) is 0 Å². The van der Waals surface area contributed by atoms with Gasteiger partial charge in [0.15, 0.2) is 0 Å². The zero-order valence-electron chi connectivity index (χ0n) is 5.03. The molecule has 1 unspecified atom stereocenters. The van der Waals surface area contributed by atoms with Crippen LogP contribution in [0.25, 0.3) is 0 Å². The second-order valence-corrected chi connectivity index (χ2v) is 6.76. The van der Waals surface area contributed by atoms with Crippen molar-refractivity contribution in [1.29, 1.82) is 0 Å². The van der Waals surface area contributed by atoms with Crippen LogP contribution in [0.5, 0.6) is 0 Å². The molecule has 0 aliphatic rings. The Balaban J connectivity index is 3.10. The number of hydrogen-bond donors (Lipinski definition) is 0. The largest absolute Gasteiger partial charge is 0.382 e. The van der Waals surface area contributed by atoms with Crippen LogP contribution in [0, 0.1) is 0 Å². The van der Waals surface area contributed by atoms with Gasteiger partial charge in [0.05, 0.1) is 6.10 Å². The van der Waals surface area contributed by atoms with Gasteiger partial charge in [-0.1, -0.05) is 0 Å². The Hall–Kier alpha value is 0.757. The highest BCUT2D eigenvalue weighted by Crippen LogP contribution is 2.07. The average Bonchev–Trinajstić information content (AvgIpc) is 1.65. The first-order valence-corrected chi connectivity index (χ1v) is 6.78. The molecule has 1 nitrogen and oxygen atoms in total. The number of halogens is 2. The van der Waals surface area contributed by atoms with E-state index in [2.05, 4.69) is 0 Å². The second-order valence-electron chi connectivity index (χ2n) is 1.67. The molecule has 0 aliphatic heterocycles. The number of rotatable bonds is 3. The van der Waals surface area contributed by atoms with Crippen LogP contribution in [0.1, 0.15) is 6.92 Å². The van der Waals surface area contributed by atoms with Gasteiger partial charge in [0.2, 0.25) is 7.42 Å². The van der Waals surface area contributed by atoms with Gasteiger partial charge in [-0.15, -0.1) is 0 Å². The maximum absolute atomic E-state index is 5.58. The fraction of sp³-hybridized carbons (Fsp3) is 1.00. The normalized spacial score (nSPS) is 14.6. The van der Waals surface area contributed by atoms with Gasteiger partial charge in [0.1, 0.15) is 0 Å². The molecule has 4 heteroatoms. The summed E-state index contributed by atoms with van der Waals surface area (Å²) >= 11 is 11.2. The third kappa shape index (κ3) is 4.90. The molecule has 0 aliphatic carbocycles. The minimum atomic E-state index is -1.43. The van der Waals surface area contributed by atoms with Crippen LogP contribution in [0.15, 0.2) is 0 Å². The van der Waals surface area contributed by atoms with Crippen LogP contribution >= 0.6 is 22.2 Å². The third-order valence-electron chi connectivity index (χ3n) is 0.912. The van der Waals surface area contributed by atoms with Crippen molar-refractivity contribution in [3.63, 3.8) is 0 Å². The molecule has 0 aromatic rings. The second kappa shape index (κ2) is 4.62. The maximum atomic E-state index is 5.58. The monoisotopic (exact) mass is 172 g/mol. The molecular formula is C4H10Cl2OSi. The predicted octanol–water partition coefficient (Wildman–Crippen LogP) is 1.72. The molecule has 8 heavy (non-hydrogen) atoms. The van der Waals surface area contributed by atoms with Crippen LogP contribution in [-0.4, -0.2) is 20.6 Å². The smallest absolute Gasteiger partial charge is 0.239 e. The summed E-state index contributed by atoms with van der Waals surface area (Å²) in [6, 6.07) is 0.833. The Labute approximate surface area is 60.9 Å². The summed E-state index contributed by atoms with van der Waals surface area (Å²) in [5.41, 5.74) is 0. The van der Waals surface area contributed by atoms with Crippen molar-refractivity contribution in [2.24, 2.45) is 0 Å². The van der Waals surface area contributed by atoms with Crippen molar-refractivity contribution in [1.82, 2.24) is 0 Å². The first-order chi connectivity index (χ1) is 3.66. The Morgan fingerprint density at radius 1 is 1.62 bits per heavy atom. The molecule has 0 aromatic carbocycles. The Bertz CT molecular complexity index is 60.0. The molecule has 0 N–H and O–H groups in total. The van der Waals surface area contributed by atoms with Gasteiger partial charge in [-0.25, -0.2) is 0 Å². The molecule has 0 saturated carbocycles. The fourth-order valence-electron chi connectivity index (χ4n) is 0.347. The van der Waals surface area contributed by atoms with Crippen LogP contribution in [-0.2, 0) is 4.74 Å². The predicted molar refractivity (Wildman–Crippen MR) is 40.1 cm³/mol. The summed E-state index contributed by atoms with van der Waals surface area (Å²) in [6.45, 7) is 1.96. The highest BCUT2D eigenvalue weighted by molar-refractivity contribution is 7.33. The first-order valence-electron chi connectivity index (χ1n) is 2.47. The molecule has 0 spiro atoms. The minimum absolute atomic E-state index is 0.224. The van der Waals surface area contributed by atoms with E-state index in [4.69, 9.17) is 26.9 Å². The van der Waals surface area contributed by atoms with E-state index in [1.807, 2.05) is 6.92 Å². The van der Waals surface area contributed by atoms with Crippen LogP contribution < -0.4 is 0 Å². The maximum Gasteiger partial charge on any atom is 0.239 e. The lowest BCUT2D eigenvalue weighted by Gasteiger charge is -2.06. The van der Waals surface area contributed by atoms with E-state index in [9.17, 15) is 0 Å². The molecular weight excluding hydrogens is 163 g/mol. The highest BCUT2D eigenvalue weighted by atomic mass is 35.7. The van der Waals surface area contributed by atoms with E-state index in [-0.39, 0.29) is 6.10 Å². The van der Waals surface area contributed by atoms with Crippen molar-refractivity contribution < 1.29 is 4.74 Å². The van der Waals surface area contributed by atoms with Crippen molar-refractivity contribution >= 4 is 29.6 Å². The van der Waals surface area contributed by atoms with Gasteiger partial charge in [-0.2, -0.15) is 22.2 Å². The topological polar surface area (TPSA) is 9.23 Å². The minimum Gasteiger partial charge on any atom is -0.382 e. The molecule has 0 amide bonds. The van der Waals surface area contributed by atoms with Crippen LogP contribution in [0.2, 0.25) is 6.04 Å². The van der Waals surface area contributed by atoms with Gasteiger partial charge in [0.25, 0.3) is 0 Å². The molecule has 1 atom stereocenters. The van der Waals surface area contributed by atoms with Crippen molar-refractivity contribution in [3.05, 3.63) is 0 Å². The molecule has 0 aromatic heterocycles. The summed E-state index contributed by atoms with van der Waals surface area (Å²) in [4.78, 5) is 0. The average molecular weight is 173 g/mol. The molecule has 50 valence electrons.